The van der Waals surface area contributed by atoms with E-state index in [0.717, 1.165) is 11.5 Å². The van der Waals surface area contributed by atoms with Crippen molar-refractivity contribution in [3.8, 4) is 0 Å². The molecule has 0 aliphatic heterocycles. The number of benzene rings is 1. The van der Waals surface area contributed by atoms with Crippen LogP contribution in [0.15, 0.2) is 29.4 Å². The number of nitrogens with one attached hydrogen (secondary N) is 1. The van der Waals surface area contributed by atoms with Crippen LogP contribution in [0.25, 0.3) is 0 Å². The molecule has 4 nitrogen and oxygen atoms in total. The number of aryl methyl sites for hydroxylation is 2. The van der Waals surface area contributed by atoms with E-state index >= 15 is 0 Å². The average Bonchev–Trinajstić information content (AvgIpc) is 2.33. The number of nitrogen functional groups attached to an aromatic ring is 1. The van der Waals surface area contributed by atoms with Gasteiger partial charge in [0.1, 0.15) is 11.6 Å². The van der Waals surface area contributed by atoms with E-state index in [9.17, 15) is 0 Å². The largest absolute Gasteiger partial charge is 0.383 e. The van der Waals surface area contributed by atoms with Crippen LogP contribution in [0.2, 0.25) is 0 Å². The summed E-state index contributed by atoms with van der Waals surface area (Å²) in [6.07, 6.45) is 1.93. The molecule has 0 aliphatic carbocycles. The fourth-order valence-corrected chi connectivity index (χ4v) is 1.99. The molecule has 0 atom stereocenters. The van der Waals surface area contributed by atoms with E-state index in [1.807, 2.05) is 6.26 Å². The number of hydrogen-bond acceptors (Lipinski definition) is 5. The van der Waals surface area contributed by atoms with Gasteiger partial charge in [0, 0.05) is 11.8 Å². The summed E-state index contributed by atoms with van der Waals surface area (Å²) in [6.45, 7) is 4.12. The number of anilines is 3. The number of rotatable bonds is 3. The van der Waals surface area contributed by atoms with Crippen molar-refractivity contribution in [3.05, 3.63) is 35.4 Å². The van der Waals surface area contributed by atoms with Gasteiger partial charge in [-0.1, -0.05) is 23.9 Å². The van der Waals surface area contributed by atoms with Crippen LogP contribution < -0.4 is 11.1 Å². The number of nitrogens with zero attached hydrogens (tertiary/aromatic N) is 2. The number of aromatic nitrogens is 2. The van der Waals surface area contributed by atoms with Crippen LogP contribution in [0.1, 0.15) is 11.1 Å². The molecule has 2 aromatic rings. The molecular weight excluding hydrogens is 244 g/mol. The summed E-state index contributed by atoms with van der Waals surface area (Å²) in [5, 5.41) is 3.95. The molecule has 0 saturated heterocycles. The van der Waals surface area contributed by atoms with Crippen molar-refractivity contribution >= 4 is 29.1 Å². The Kier molecular flexibility index (Phi) is 3.72. The normalized spacial score (nSPS) is 10.4. The smallest absolute Gasteiger partial charge is 0.191 e. The quantitative estimate of drug-likeness (QED) is 0.655. The Bertz CT molecular complexity index is 569. The molecule has 1 aromatic carbocycles. The van der Waals surface area contributed by atoms with E-state index in [4.69, 9.17) is 5.73 Å². The summed E-state index contributed by atoms with van der Waals surface area (Å²) in [7, 11) is 0. The van der Waals surface area contributed by atoms with Crippen molar-refractivity contribution in [2.24, 2.45) is 0 Å². The maximum Gasteiger partial charge on any atom is 0.191 e. The Labute approximate surface area is 111 Å². The van der Waals surface area contributed by atoms with Crippen molar-refractivity contribution in [3.63, 3.8) is 0 Å². The molecule has 18 heavy (non-hydrogen) atoms. The summed E-state index contributed by atoms with van der Waals surface area (Å²) in [6, 6.07) is 7.99. The Morgan fingerprint density at radius 2 is 1.94 bits per heavy atom. The monoisotopic (exact) mass is 260 g/mol. The van der Waals surface area contributed by atoms with E-state index < -0.39 is 0 Å². The van der Waals surface area contributed by atoms with Gasteiger partial charge in [0.15, 0.2) is 5.16 Å². The molecule has 0 radical (unpaired) electrons. The zero-order chi connectivity index (χ0) is 13.1. The van der Waals surface area contributed by atoms with Gasteiger partial charge in [0.2, 0.25) is 0 Å². The van der Waals surface area contributed by atoms with Crippen LogP contribution in [-0.2, 0) is 0 Å². The third-order valence-electron chi connectivity index (χ3n) is 2.56. The summed E-state index contributed by atoms with van der Waals surface area (Å²) < 4.78 is 0. The highest BCUT2D eigenvalue weighted by molar-refractivity contribution is 7.98. The minimum atomic E-state index is 0.474. The van der Waals surface area contributed by atoms with Crippen molar-refractivity contribution in [1.29, 1.82) is 0 Å². The zero-order valence-electron chi connectivity index (χ0n) is 10.7. The molecule has 1 aromatic heterocycles. The minimum absolute atomic E-state index is 0.474. The fraction of sp³-hybridized carbons (Fsp3) is 0.231. The number of nitrogens with two attached hydrogens (primary N) is 1. The Morgan fingerprint density at radius 1 is 1.17 bits per heavy atom. The highest BCUT2D eigenvalue weighted by Crippen LogP contribution is 2.22. The predicted molar refractivity (Wildman–Crippen MR) is 77.4 cm³/mol. The first-order valence-electron chi connectivity index (χ1n) is 5.61. The lowest BCUT2D eigenvalue weighted by Gasteiger charge is -2.10. The van der Waals surface area contributed by atoms with Gasteiger partial charge in [-0.25, -0.2) is 9.97 Å². The molecule has 0 amide bonds. The third kappa shape index (κ3) is 2.92. The summed E-state index contributed by atoms with van der Waals surface area (Å²) in [4.78, 5) is 8.50. The van der Waals surface area contributed by atoms with Gasteiger partial charge in [-0.05, 0) is 37.3 Å². The van der Waals surface area contributed by atoms with Gasteiger partial charge in [-0.15, -0.1) is 0 Å². The maximum atomic E-state index is 5.75. The van der Waals surface area contributed by atoms with E-state index in [1.54, 1.807) is 6.07 Å². The van der Waals surface area contributed by atoms with Gasteiger partial charge in [0.05, 0.1) is 0 Å². The van der Waals surface area contributed by atoms with Crippen LogP contribution >= 0.6 is 11.8 Å². The van der Waals surface area contributed by atoms with Gasteiger partial charge in [-0.2, -0.15) is 0 Å². The van der Waals surface area contributed by atoms with Crippen molar-refractivity contribution < 1.29 is 0 Å². The molecule has 0 aliphatic rings. The topological polar surface area (TPSA) is 63.8 Å². The highest BCUT2D eigenvalue weighted by Gasteiger charge is 2.04. The van der Waals surface area contributed by atoms with Crippen molar-refractivity contribution in [2.75, 3.05) is 17.3 Å². The lowest BCUT2D eigenvalue weighted by molar-refractivity contribution is 0.984. The predicted octanol–water partition coefficient (Wildman–Crippen LogP) is 3.14. The molecule has 2 rings (SSSR count). The van der Waals surface area contributed by atoms with E-state index in [1.165, 1.54) is 22.9 Å². The number of hydrogen-bond donors (Lipinski definition) is 2. The molecule has 0 fully saturated rings. The van der Waals surface area contributed by atoms with E-state index in [2.05, 4.69) is 47.3 Å². The van der Waals surface area contributed by atoms with Crippen LogP contribution in [0.4, 0.5) is 17.3 Å². The zero-order valence-corrected chi connectivity index (χ0v) is 11.5. The standard InChI is InChI=1S/C13H16N4S/c1-8-4-5-9(2)10(6-8)15-12-7-11(14)16-13(17-12)18-3/h4-7H,1-3H3,(H3,14,15,16,17). The third-order valence-corrected chi connectivity index (χ3v) is 3.11. The highest BCUT2D eigenvalue weighted by atomic mass is 32.2. The SMILES string of the molecule is CSc1nc(N)cc(Nc2cc(C)ccc2C)n1. The molecule has 3 N–H and O–H groups in total. The van der Waals surface area contributed by atoms with E-state index in [-0.39, 0.29) is 0 Å². The first kappa shape index (κ1) is 12.7. The number of thioether (sulfide) groups is 1. The van der Waals surface area contributed by atoms with Crippen molar-refractivity contribution in [2.45, 2.75) is 19.0 Å². The Hall–Kier alpha value is -1.75. The van der Waals surface area contributed by atoms with Gasteiger partial charge < -0.3 is 11.1 Å². The Morgan fingerprint density at radius 3 is 2.67 bits per heavy atom. The second-order valence-corrected chi connectivity index (χ2v) is 4.88. The lowest BCUT2D eigenvalue weighted by Crippen LogP contribution is -2.01. The Balaban J connectivity index is 2.33. The van der Waals surface area contributed by atoms with Gasteiger partial charge in [0.25, 0.3) is 0 Å². The molecular formula is C13H16N4S. The maximum absolute atomic E-state index is 5.75. The van der Waals surface area contributed by atoms with Crippen LogP contribution in [0.3, 0.4) is 0 Å². The fourth-order valence-electron chi connectivity index (χ4n) is 1.61. The molecule has 0 saturated carbocycles. The summed E-state index contributed by atoms with van der Waals surface area (Å²) in [5.74, 6) is 1.20. The molecule has 94 valence electrons. The molecule has 0 spiro atoms. The molecule has 1 heterocycles. The summed E-state index contributed by atoms with van der Waals surface area (Å²) >= 11 is 1.47. The van der Waals surface area contributed by atoms with E-state index in [0.29, 0.717) is 11.0 Å². The van der Waals surface area contributed by atoms with Crippen LogP contribution in [0, 0.1) is 13.8 Å². The second kappa shape index (κ2) is 5.27. The summed E-state index contributed by atoms with van der Waals surface area (Å²) in [5.41, 5.74) is 9.17. The molecule has 5 heteroatoms. The average molecular weight is 260 g/mol. The molecule has 0 bridgehead atoms. The molecule has 0 unspecified atom stereocenters. The first-order valence-corrected chi connectivity index (χ1v) is 6.84. The van der Waals surface area contributed by atoms with Gasteiger partial charge in [-0.3, -0.25) is 0 Å². The lowest BCUT2D eigenvalue weighted by atomic mass is 10.1. The second-order valence-electron chi connectivity index (χ2n) is 4.11. The minimum Gasteiger partial charge on any atom is -0.383 e. The first-order chi connectivity index (χ1) is 8.58. The van der Waals surface area contributed by atoms with Crippen molar-refractivity contribution in [1.82, 2.24) is 9.97 Å². The van der Waals surface area contributed by atoms with Crippen LogP contribution in [-0.4, -0.2) is 16.2 Å². The van der Waals surface area contributed by atoms with Gasteiger partial charge >= 0.3 is 0 Å². The van der Waals surface area contributed by atoms with Crippen LogP contribution in [0.5, 0.6) is 0 Å².